The molecule has 0 saturated heterocycles. The van der Waals surface area contributed by atoms with Gasteiger partial charge >= 0.3 is 0 Å². The number of methoxy groups -OCH3 is 1. The van der Waals surface area contributed by atoms with Gasteiger partial charge in [-0.2, -0.15) is 5.10 Å². The van der Waals surface area contributed by atoms with Gasteiger partial charge in [0, 0.05) is 18.0 Å². The summed E-state index contributed by atoms with van der Waals surface area (Å²) in [6.45, 7) is 2.33. The van der Waals surface area contributed by atoms with Gasteiger partial charge in [0.2, 0.25) is 0 Å². The van der Waals surface area contributed by atoms with E-state index in [0.717, 1.165) is 32.1 Å². The van der Waals surface area contributed by atoms with Gasteiger partial charge in [0.05, 0.1) is 29.6 Å². The fourth-order valence-electron chi connectivity index (χ4n) is 3.00. The summed E-state index contributed by atoms with van der Waals surface area (Å²) in [5, 5.41) is 6.21. The summed E-state index contributed by atoms with van der Waals surface area (Å²) in [6.07, 6.45) is 1.76. The fourth-order valence-corrected chi connectivity index (χ4v) is 3.96. The predicted molar refractivity (Wildman–Crippen MR) is 95.0 cm³/mol. The second-order valence-corrected chi connectivity index (χ2v) is 6.83. The van der Waals surface area contributed by atoms with E-state index in [2.05, 4.69) is 10.1 Å². The number of benzene rings is 1. The number of hydrogen-bond donors (Lipinski definition) is 0. The zero-order valence-electron chi connectivity index (χ0n) is 13.6. The third kappa shape index (κ3) is 2.12. The van der Waals surface area contributed by atoms with Crippen LogP contribution < -0.4 is 10.3 Å². The van der Waals surface area contributed by atoms with Crippen molar-refractivity contribution in [1.82, 2.24) is 19.3 Å². The van der Waals surface area contributed by atoms with Crippen molar-refractivity contribution in [3.8, 4) is 5.75 Å². The monoisotopic (exact) mass is 340 g/mol. The highest BCUT2D eigenvalue weighted by Gasteiger charge is 2.17. The van der Waals surface area contributed by atoms with Crippen molar-refractivity contribution in [1.29, 1.82) is 0 Å². The van der Waals surface area contributed by atoms with E-state index in [4.69, 9.17) is 4.74 Å². The van der Waals surface area contributed by atoms with E-state index in [1.165, 1.54) is 4.68 Å². The van der Waals surface area contributed by atoms with Crippen LogP contribution in [-0.4, -0.2) is 26.4 Å². The standard InChI is InChI=1S/C17H16N4O2S/c1-10-19-16-15(24-10)12-8-18-21(17(22)14(12)20(16)2)9-11-6-4-5-7-13(11)23-3/h4-8H,9H2,1-3H3. The minimum atomic E-state index is -0.122. The molecule has 1 aromatic carbocycles. The van der Waals surface area contributed by atoms with Crippen LogP contribution in [0.25, 0.3) is 21.3 Å². The van der Waals surface area contributed by atoms with E-state index < -0.39 is 0 Å². The Morgan fingerprint density at radius 3 is 2.88 bits per heavy atom. The third-order valence-electron chi connectivity index (χ3n) is 4.14. The lowest BCUT2D eigenvalue weighted by Crippen LogP contribution is -2.24. The summed E-state index contributed by atoms with van der Waals surface area (Å²) in [7, 11) is 3.50. The summed E-state index contributed by atoms with van der Waals surface area (Å²) in [6, 6.07) is 7.64. The van der Waals surface area contributed by atoms with Crippen LogP contribution in [0.4, 0.5) is 0 Å². The SMILES string of the molecule is COc1ccccc1Cn1ncc2c3sc(C)nc3n(C)c2c1=O. The van der Waals surface area contributed by atoms with Gasteiger partial charge in [-0.25, -0.2) is 9.67 Å². The van der Waals surface area contributed by atoms with Crippen molar-refractivity contribution >= 4 is 32.6 Å². The molecule has 0 unspecified atom stereocenters. The highest BCUT2D eigenvalue weighted by atomic mass is 32.1. The quantitative estimate of drug-likeness (QED) is 0.575. The molecular formula is C17H16N4O2S. The predicted octanol–water partition coefficient (Wildman–Crippen LogP) is 2.71. The first-order valence-electron chi connectivity index (χ1n) is 7.53. The van der Waals surface area contributed by atoms with Gasteiger partial charge in [-0.3, -0.25) is 4.79 Å². The van der Waals surface area contributed by atoms with Gasteiger partial charge in [0.15, 0.2) is 5.65 Å². The van der Waals surface area contributed by atoms with Gasteiger partial charge in [-0.1, -0.05) is 18.2 Å². The Balaban J connectivity index is 1.90. The lowest BCUT2D eigenvalue weighted by atomic mass is 10.2. The average molecular weight is 340 g/mol. The zero-order valence-corrected chi connectivity index (χ0v) is 14.4. The molecule has 7 heteroatoms. The molecule has 0 radical (unpaired) electrons. The normalized spacial score (nSPS) is 11.5. The van der Waals surface area contributed by atoms with Crippen molar-refractivity contribution in [2.45, 2.75) is 13.5 Å². The molecule has 3 heterocycles. The minimum Gasteiger partial charge on any atom is -0.496 e. The second kappa shape index (κ2) is 5.45. The maximum Gasteiger partial charge on any atom is 0.291 e. The van der Waals surface area contributed by atoms with Crippen molar-refractivity contribution in [2.24, 2.45) is 7.05 Å². The van der Waals surface area contributed by atoms with Crippen molar-refractivity contribution in [3.63, 3.8) is 0 Å². The molecule has 0 aliphatic heterocycles. The number of para-hydroxylation sites is 1. The maximum absolute atomic E-state index is 12.9. The van der Waals surface area contributed by atoms with Crippen LogP contribution in [0.5, 0.6) is 5.75 Å². The molecular weight excluding hydrogens is 324 g/mol. The molecule has 3 aromatic heterocycles. The number of thiazole rings is 1. The molecule has 0 spiro atoms. The summed E-state index contributed by atoms with van der Waals surface area (Å²) in [5.41, 5.74) is 2.26. The number of hydrogen-bond acceptors (Lipinski definition) is 5. The molecule has 0 N–H and O–H groups in total. The van der Waals surface area contributed by atoms with Gasteiger partial charge in [0.25, 0.3) is 5.56 Å². The number of nitrogens with zero attached hydrogens (tertiary/aromatic N) is 4. The summed E-state index contributed by atoms with van der Waals surface area (Å²) in [4.78, 5) is 17.4. The molecule has 0 aliphatic rings. The average Bonchev–Trinajstić information content (AvgIpc) is 3.08. The largest absolute Gasteiger partial charge is 0.496 e. The molecule has 0 amide bonds. The molecule has 0 aliphatic carbocycles. The lowest BCUT2D eigenvalue weighted by molar-refractivity contribution is 0.407. The van der Waals surface area contributed by atoms with Gasteiger partial charge in [-0.05, 0) is 13.0 Å². The minimum absolute atomic E-state index is 0.122. The molecule has 0 saturated carbocycles. The Hall–Kier alpha value is -2.67. The molecule has 6 nitrogen and oxygen atoms in total. The number of ether oxygens (including phenoxy) is 1. The lowest BCUT2D eigenvalue weighted by Gasteiger charge is -2.09. The fraction of sp³-hybridized carbons (Fsp3) is 0.235. The Morgan fingerprint density at radius 2 is 2.08 bits per heavy atom. The third-order valence-corrected chi connectivity index (χ3v) is 5.14. The van der Waals surface area contributed by atoms with Crippen LogP contribution in [0.3, 0.4) is 0 Å². The van der Waals surface area contributed by atoms with Crippen LogP contribution >= 0.6 is 11.3 Å². The number of aromatic nitrogens is 4. The smallest absolute Gasteiger partial charge is 0.291 e. The van der Waals surface area contributed by atoms with Crippen LogP contribution in [0.15, 0.2) is 35.3 Å². The molecule has 0 bridgehead atoms. The van der Waals surface area contributed by atoms with Crippen molar-refractivity contribution in [3.05, 3.63) is 51.4 Å². The van der Waals surface area contributed by atoms with Gasteiger partial charge in [0.1, 0.15) is 11.3 Å². The van der Waals surface area contributed by atoms with Crippen LogP contribution in [0.1, 0.15) is 10.6 Å². The molecule has 0 fully saturated rings. The highest BCUT2D eigenvalue weighted by Crippen LogP contribution is 2.30. The number of fused-ring (bicyclic) bond motifs is 3. The van der Waals surface area contributed by atoms with Crippen LogP contribution in [0.2, 0.25) is 0 Å². The molecule has 4 aromatic rings. The van der Waals surface area contributed by atoms with E-state index in [1.54, 1.807) is 24.6 Å². The van der Waals surface area contributed by atoms with Crippen LogP contribution in [0, 0.1) is 6.92 Å². The summed E-state index contributed by atoms with van der Waals surface area (Å²) >= 11 is 1.59. The van der Waals surface area contributed by atoms with E-state index >= 15 is 0 Å². The van der Waals surface area contributed by atoms with E-state index in [0.29, 0.717) is 12.1 Å². The van der Waals surface area contributed by atoms with E-state index in [9.17, 15) is 4.79 Å². The molecule has 24 heavy (non-hydrogen) atoms. The highest BCUT2D eigenvalue weighted by molar-refractivity contribution is 7.19. The first-order valence-corrected chi connectivity index (χ1v) is 8.35. The van der Waals surface area contributed by atoms with Crippen molar-refractivity contribution in [2.75, 3.05) is 7.11 Å². The number of rotatable bonds is 3. The molecule has 4 rings (SSSR count). The Kier molecular flexibility index (Phi) is 3.38. The Bertz CT molecular complexity index is 1120. The topological polar surface area (TPSA) is 61.9 Å². The van der Waals surface area contributed by atoms with E-state index in [1.807, 2.05) is 42.8 Å². The van der Waals surface area contributed by atoms with E-state index in [-0.39, 0.29) is 5.56 Å². The Morgan fingerprint density at radius 1 is 1.29 bits per heavy atom. The molecule has 0 atom stereocenters. The second-order valence-electron chi connectivity index (χ2n) is 5.63. The first kappa shape index (κ1) is 14.9. The molecule has 122 valence electrons. The Labute approximate surface area is 141 Å². The summed E-state index contributed by atoms with van der Waals surface area (Å²) < 4.78 is 9.70. The van der Waals surface area contributed by atoms with Gasteiger partial charge < -0.3 is 9.30 Å². The number of aryl methyl sites for hydroxylation is 2. The maximum atomic E-state index is 12.9. The zero-order chi connectivity index (χ0) is 16.8. The first-order chi connectivity index (χ1) is 11.6. The van der Waals surface area contributed by atoms with Gasteiger partial charge in [-0.15, -0.1) is 11.3 Å². The van der Waals surface area contributed by atoms with Crippen LogP contribution in [-0.2, 0) is 13.6 Å². The summed E-state index contributed by atoms with van der Waals surface area (Å²) in [5.74, 6) is 0.747. The van der Waals surface area contributed by atoms with Crippen molar-refractivity contribution < 1.29 is 4.74 Å².